The van der Waals surface area contributed by atoms with E-state index in [1.54, 1.807) is 7.11 Å². The lowest BCUT2D eigenvalue weighted by molar-refractivity contribution is 0.162. The molecule has 0 spiro atoms. The fourth-order valence-corrected chi connectivity index (χ4v) is 4.63. The molecule has 1 aromatic heterocycles. The predicted molar refractivity (Wildman–Crippen MR) is 115 cm³/mol. The summed E-state index contributed by atoms with van der Waals surface area (Å²) in [6, 6.07) is 6.27. The average molecular weight is 406 g/mol. The maximum absolute atomic E-state index is 7.37. The molecule has 2 unspecified atom stereocenters. The van der Waals surface area contributed by atoms with Crippen LogP contribution in [0.25, 0.3) is 5.57 Å². The summed E-state index contributed by atoms with van der Waals surface area (Å²) in [6.07, 6.45) is 5.10. The SMILES string of the molecule is CNc1cc(C2=CCCCc3nc(NC4C5COCC54)nc(OC)c32)ccc1N=N. The predicted octanol–water partition coefficient (Wildman–Crippen LogP) is 4.01. The summed E-state index contributed by atoms with van der Waals surface area (Å²) >= 11 is 0. The second-order valence-electron chi connectivity index (χ2n) is 8.02. The topological polar surface area (TPSA) is 105 Å². The van der Waals surface area contributed by atoms with Crippen LogP contribution in [0.5, 0.6) is 5.88 Å². The summed E-state index contributed by atoms with van der Waals surface area (Å²) in [7, 11) is 3.50. The van der Waals surface area contributed by atoms with E-state index in [1.165, 1.54) is 0 Å². The van der Waals surface area contributed by atoms with Gasteiger partial charge in [0.25, 0.3) is 0 Å². The van der Waals surface area contributed by atoms with Gasteiger partial charge in [-0.15, -0.1) is 0 Å². The first-order valence-corrected chi connectivity index (χ1v) is 10.4. The van der Waals surface area contributed by atoms with Gasteiger partial charge in [-0.25, -0.2) is 10.5 Å². The number of methoxy groups -OCH3 is 1. The van der Waals surface area contributed by atoms with Crippen LogP contribution < -0.4 is 15.4 Å². The molecule has 2 heterocycles. The molecule has 1 saturated carbocycles. The van der Waals surface area contributed by atoms with E-state index in [-0.39, 0.29) is 0 Å². The Labute approximate surface area is 175 Å². The Morgan fingerprint density at radius 1 is 1.23 bits per heavy atom. The number of hydrogen-bond donors (Lipinski definition) is 3. The third-order valence-electron chi connectivity index (χ3n) is 6.32. The number of nitrogens with zero attached hydrogens (tertiary/aromatic N) is 3. The van der Waals surface area contributed by atoms with Crippen LogP contribution in [0.2, 0.25) is 0 Å². The number of fused-ring (bicyclic) bond motifs is 2. The molecular formula is C22H26N6O2. The Kier molecular flexibility index (Phi) is 4.86. The molecule has 2 atom stereocenters. The maximum atomic E-state index is 7.37. The molecule has 2 fully saturated rings. The molecular weight excluding hydrogens is 380 g/mol. The summed E-state index contributed by atoms with van der Waals surface area (Å²) in [5, 5.41) is 10.2. The number of benzene rings is 1. The number of aromatic nitrogens is 2. The zero-order valence-corrected chi connectivity index (χ0v) is 17.2. The van der Waals surface area contributed by atoms with Gasteiger partial charge in [-0.2, -0.15) is 10.1 Å². The molecule has 3 aliphatic rings. The summed E-state index contributed by atoms with van der Waals surface area (Å²) in [5.74, 6) is 2.40. The van der Waals surface area contributed by atoms with Gasteiger partial charge in [0.2, 0.25) is 11.8 Å². The lowest BCUT2D eigenvalue weighted by Gasteiger charge is -2.17. The Morgan fingerprint density at radius 3 is 2.80 bits per heavy atom. The molecule has 5 rings (SSSR count). The minimum absolute atomic E-state index is 0.404. The third-order valence-corrected chi connectivity index (χ3v) is 6.32. The second-order valence-corrected chi connectivity index (χ2v) is 8.02. The van der Waals surface area contributed by atoms with Gasteiger partial charge in [0.1, 0.15) is 5.69 Å². The van der Waals surface area contributed by atoms with Crippen molar-refractivity contribution in [2.75, 3.05) is 38.0 Å². The molecule has 1 saturated heterocycles. The van der Waals surface area contributed by atoms with Gasteiger partial charge in [-0.05, 0) is 42.5 Å². The fraction of sp³-hybridized carbons (Fsp3) is 0.455. The highest BCUT2D eigenvalue weighted by Gasteiger charge is 2.54. The van der Waals surface area contributed by atoms with Gasteiger partial charge in [-0.3, -0.25) is 0 Å². The van der Waals surface area contributed by atoms with Crippen molar-refractivity contribution >= 4 is 22.9 Å². The average Bonchev–Trinajstić information content (AvgIpc) is 3.26. The normalized spacial score (nSPS) is 24.2. The number of aryl methyl sites for hydroxylation is 1. The quantitative estimate of drug-likeness (QED) is 0.626. The zero-order chi connectivity index (χ0) is 20.7. The Bertz CT molecular complexity index is 1010. The van der Waals surface area contributed by atoms with Gasteiger partial charge >= 0.3 is 0 Å². The summed E-state index contributed by atoms with van der Waals surface area (Å²) < 4.78 is 11.2. The molecule has 0 amide bonds. The number of ether oxygens (including phenoxy) is 2. The van der Waals surface area contributed by atoms with Crippen LogP contribution in [0.15, 0.2) is 29.4 Å². The van der Waals surface area contributed by atoms with E-state index in [9.17, 15) is 0 Å². The largest absolute Gasteiger partial charge is 0.480 e. The van der Waals surface area contributed by atoms with Crippen molar-refractivity contribution in [3.63, 3.8) is 0 Å². The Balaban J connectivity index is 1.53. The molecule has 8 nitrogen and oxygen atoms in total. The molecule has 3 N–H and O–H groups in total. The first kappa shape index (κ1) is 19.0. The van der Waals surface area contributed by atoms with Gasteiger partial charge in [0.15, 0.2) is 0 Å². The van der Waals surface area contributed by atoms with E-state index in [0.717, 1.165) is 60.6 Å². The van der Waals surface area contributed by atoms with E-state index in [2.05, 4.69) is 21.8 Å². The highest BCUT2D eigenvalue weighted by molar-refractivity contribution is 5.86. The van der Waals surface area contributed by atoms with E-state index in [4.69, 9.17) is 25.0 Å². The van der Waals surface area contributed by atoms with E-state index < -0.39 is 0 Å². The van der Waals surface area contributed by atoms with Crippen LogP contribution in [0, 0.1) is 17.4 Å². The van der Waals surface area contributed by atoms with Crippen molar-refractivity contribution < 1.29 is 9.47 Å². The maximum Gasteiger partial charge on any atom is 0.226 e. The lowest BCUT2D eigenvalue weighted by Crippen LogP contribution is -2.16. The number of anilines is 2. The fourth-order valence-electron chi connectivity index (χ4n) is 4.63. The van der Waals surface area contributed by atoms with Crippen molar-refractivity contribution in [3.05, 3.63) is 41.1 Å². The second kappa shape index (κ2) is 7.68. The first-order valence-electron chi connectivity index (χ1n) is 10.4. The Morgan fingerprint density at radius 2 is 2.07 bits per heavy atom. The van der Waals surface area contributed by atoms with Crippen LogP contribution in [0.4, 0.5) is 17.3 Å². The summed E-state index contributed by atoms with van der Waals surface area (Å²) in [6.45, 7) is 1.65. The van der Waals surface area contributed by atoms with Gasteiger partial charge in [0, 0.05) is 24.9 Å². The van der Waals surface area contributed by atoms with Crippen molar-refractivity contribution in [2.24, 2.45) is 17.0 Å². The van der Waals surface area contributed by atoms with Crippen molar-refractivity contribution in [1.82, 2.24) is 9.97 Å². The Hall–Kier alpha value is -3.00. The monoisotopic (exact) mass is 406 g/mol. The first-order chi connectivity index (χ1) is 14.7. The molecule has 30 heavy (non-hydrogen) atoms. The molecule has 2 aromatic rings. The highest BCUT2D eigenvalue weighted by Crippen LogP contribution is 2.46. The van der Waals surface area contributed by atoms with E-state index in [1.807, 2.05) is 25.2 Å². The minimum atomic E-state index is 0.404. The van der Waals surface area contributed by atoms with Crippen molar-refractivity contribution in [2.45, 2.75) is 25.3 Å². The molecule has 156 valence electrons. The molecule has 1 aromatic carbocycles. The van der Waals surface area contributed by atoms with Gasteiger partial charge in [-0.1, -0.05) is 12.1 Å². The summed E-state index contributed by atoms with van der Waals surface area (Å²) in [4.78, 5) is 9.61. The minimum Gasteiger partial charge on any atom is -0.480 e. The van der Waals surface area contributed by atoms with Gasteiger partial charge in [0.05, 0.1) is 37.3 Å². The highest BCUT2D eigenvalue weighted by atomic mass is 16.5. The van der Waals surface area contributed by atoms with Gasteiger partial charge < -0.3 is 20.1 Å². The van der Waals surface area contributed by atoms with E-state index in [0.29, 0.717) is 35.4 Å². The van der Waals surface area contributed by atoms with Crippen molar-refractivity contribution in [3.8, 4) is 5.88 Å². The van der Waals surface area contributed by atoms with E-state index >= 15 is 0 Å². The molecule has 8 heteroatoms. The third kappa shape index (κ3) is 3.21. The molecule has 1 aliphatic heterocycles. The van der Waals surface area contributed by atoms with Crippen LogP contribution in [0.1, 0.15) is 29.7 Å². The van der Waals surface area contributed by atoms with Crippen molar-refractivity contribution in [1.29, 1.82) is 5.53 Å². The molecule has 2 aliphatic carbocycles. The number of hydrogen-bond acceptors (Lipinski definition) is 8. The smallest absolute Gasteiger partial charge is 0.226 e. The lowest BCUT2D eigenvalue weighted by atomic mass is 9.96. The van der Waals surface area contributed by atoms with Crippen LogP contribution in [-0.4, -0.2) is 43.4 Å². The number of allylic oxidation sites excluding steroid dienone is 1. The molecule has 0 bridgehead atoms. The zero-order valence-electron chi connectivity index (χ0n) is 17.2. The molecule has 0 radical (unpaired) electrons. The van der Waals surface area contributed by atoms with Crippen LogP contribution in [-0.2, 0) is 11.2 Å². The number of rotatable bonds is 6. The number of nitrogens with one attached hydrogen (secondary N) is 3. The van der Waals surface area contributed by atoms with Crippen LogP contribution in [0.3, 0.4) is 0 Å². The van der Waals surface area contributed by atoms with Crippen LogP contribution >= 0.6 is 0 Å². The standard InChI is InChI=1S/C22H26N6O2/c1-24-18-9-12(7-8-16(18)28-23)13-5-3-4-6-17-19(13)21(29-2)27-22(25-17)26-20-14-10-30-11-15(14)20/h5,7-9,14-15,20,23-24H,3-4,6,10-11H2,1-2H3,(H,25,26,27). The summed E-state index contributed by atoms with van der Waals surface area (Å²) in [5.41, 5.74) is 12.9.